The molecular weight excluding hydrogens is 287 g/mol. The van der Waals surface area contributed by atoms with Gasteiger partial charge in [-0.05, 0) is 31.7 Å². The number of rotatable bonds is 4. The van der Waals surface area contributed by atoms with E-state index in [1.54, 1.807) is 19.2 Å². The van der Waals surface area contributed by atoms with Crippen molar-refractivity contribution in [1.29, 1.82) is 0 Å². The number of halogens is 4. The van der Waals surface area contributed by atoms with Gasteiger partial charge in [0.25, 0.3) is 0 Å². The molecule has 0 aliphatic carbocycles. The Morgan fingerprint density at radius 2 is 1.65 bits per heavy atom. The zero-order valence-corrected chi connectivity index (χ0v) is 11.5. The molecule has 20 heavy (non-hydrogen) atoms. The van der Waals surface area contributed by atoms with Crippen LogP contribution in [0.3, 0.4) is 0 Å². The quantitative estimate of drug-likeness (QED) is 0.889. The lowest BCUT2D eigenvalue weighted by molar-refractivity contribution is 0.497. The van der Waals surface area contributed by atoms with E-state index in [2.05, 4.69) is 5.32 Å². The molecule has 0 aliphatic rings. The lowest BCUT2D eigenvalue weighted by Gasteiger charge is -2.18. The monoisotopic (exact) mass is 299 g/mol. The van der Waals surface area contributed by atoms with Crippen molar-refractivity contribution in [3.8, 4) is 0 Å². The molecule has 1 atom stereocenters. The average molecular weight is 300 g/mol. The summed E-state index contributed by atoms with van der Waals surface area (Å²) < 4.78 is 41.3. The van der Waals surface area contributed by atoms with Crippen LogP contribution in [-0.4, -0.2) is 7.05 Å². The first-order valence-electron chi connectivity index (χ1n) is 6.08. The van der Waals surface area contributed by atoms with Crippen molar-refractivity contribution in [3.63, 3.8) is 0 Å². The third-order valence-electron chi connectivity index (χ3n) is 3.18. The SMILES string of the molecule is CNC(Cc1c(F)cccc1F)c1cccc(Cl)c1F. The summed E-state index contributed by atoms with van der Waals surface area (Å²) in [6.07, 6.45) is -0.00767. The molecule has 5 heteroatoms. The van der Waals surface area contributed by atoms with Gasteiger partial charge < -0.3 is 5.32 Å². The molecule has 1 unspecified atom stereocenters. The van der Waals surface area contributed by atoms with E-state index in [1.165, 1.54) is 24.3 Å². The van der Waals surface area contributed by atoms with Crippen LogP contribution in [0.15, 0.2) is 36.4 Å². The van der Waals surface area contributed by atoms with Crippen LogP contribution < -0.4 is 5.32 Å². The fourth-order valence-electron chi connectivity index (χ4n) is 2.09. The van der Waals surface area contributed by atoms with Crippen molar-refractivity contribution in [2.24, 2.45) is 0 Å². The molecule has 0 spiro atoms. The standard InChI is InChI=1S/C15H13ClF3N/c1-20-14(9-4-2-5-11(16)15(9)19)8-10-12(17)6-3-7-13(10)18/h2-7,14,20H,8H2,1H3. The predicted molar refractivity (Wildman–Crippen MR) is 73.3 cm³/mol. The molecule has 2 aromatic rings. The van der Waals surface area contributed by atoms with Crippen LogP contribution >= 0.6 is 11.6 Å². The molecule has 0 amide bonds. The van der Waals surface area contributed by atoms with Gasteiger partial charge in [0.1, 0.15) is 17.5 Å². The molecular formula is C15H13ClF3N. The topological polar surface area (TPSA) is 12.0 Å². The summed E-state index contributed by atoms with van der Waals surface area (Å²) in [6, 6.07) is 7.66. The second-order valence-electron chi connectivity index (χ2n) is 4.39. The first kappa shape index (κ1) is 14.9. The summed E-state index contributed by atoms with van der Waals surface area (Å²) in [4.78, 5) is 0. The summed E-state index contributed by atoms with van der Waals surface area (Å²) in [5, 5.41) is 2.84. The highest BCUT2D eigenvalue weighted by Gasteiger charge is 2.20. The van der Waals surface area contributed by atoms with Crippen molar-refractivity contribution in [2.75, 3.05) is 7.05 Å². The average Bonchev–Trinajstić information content (AvgIpc) is 2.42. The fraction of sp³-hybridized carbons (Fsp3) is 0.200. The third-order valence-corrected chi connectivity index (χ3v) is 3.47. The predicted octanol–water partition coefficient (Wildman–Crippen LogP) is 4.26. The minimum Gasteiger partial charge on any atom is -0.313 e. The van der Waals surface area contributed by atoms with Gasteiger partial charge in [-0.2, -0.15) is 0 Å². The maximum atomic E-state index is 14.0. The van der Waals surface area contributed by atoms with Crippen molar-refractivity contribution in [3.05, 3.63) is 70.0 Å². The molecule has 0 aliphatic heterocycles. The molecule has 0 radical (unpaired) electrons. The molecule has 0 heterocycles. The van der Waals surface area contributed by atoms with E-state index in [4.69, 9.17) is 11.6 Å². The largest absolute Gasteiger partial charge is 0.313 e. The molecule has 0 aromatic heterocycles. The highest BCUT2D eigenvalue weighted by molar-refractivity contribution is 6.30. The Morgan fingerprint density at radius 1 is 1.05 bits per heavy atom. The maximum Gasteiger partial charge on any atom is 0.146 e. The second-order valence-corrected chi connectivity index (χ2v) is 4.80. The van der Waals surface area contributed by atoms with E-state index in [0.29, 0.717) is 0 Å². The maximum absolute atomic E-state index is 14.0. The van der Waals surface area contributed by atoms with Gasteiger partial charge in [-0.15, -0.1) is 0 Å². The van der Waals surface area contributed by atoms with Gasteiger partial charge in [0.05, 0.1) is 5.02 Å². The summed E-state index contributed by atoms with van der Waals surface area (Å²) in [5.41, 5.74) is 0.203. The van der Waals surface area contributed by atoms with Crippen LogP contribution in [0.4, 0.5) is 13.2 Å². The first-order valence-corrected chi connectivity index (χ1v) is 6.46. The van der Waals surface area contributed by atoms with E-state index < -0.39 is 23.5 Å². The minimum atomic E-state index is -0.646. The number of likely N-dealkylation sites (N-methyl/N-ethyl adjacent to an activating group) is 1. The number of hydrogen-bond donors (Lipinski definition) is 1. The van der Waals surface area contributed by atoms with Crippen LogP contribution in [0.5, 0.6) is 0 Å². The fourth-order valence-corrected chi connectivity index (χ4v) is 2.27. The smallest absolute Gasteiger partial charge is 0.146 e. The molecule has 2 aromatic carbocycles. The van der Waals surface area contributed by atoms with Gasteiger partial charge in [-0.3, -0.25) is 0 Å². The Kier molecular flexibility index (Phi) is 4.68. The van der Waals surface area contributed by atoms with Crippen LogP contribution in [-0.2, 0) is 6.42 Å². The van der Waals surface area contributed by atoms with Crippen molar-refractivity contribution < 1.29 is 13.2 Å². The van der Waals surface area contributed by atoms with Crippen LogP contribution in [0.25, 0.3) is 0 Å². The molecule has 0 bridgehead atoms. The third kappa shape index (κ3) is 2.97. The Morgan fingerprint density at radius 3 is 2.25 bits per heavy atom. The summed E-state index contributed by atoms with van der Waals surface area (Å²) in [5.74, 6) is -1.87. The van der Waals surface area contributed by atoms with Crippen LogP contribution in [0, 0.1) is 17.5 Å². The Bertz CT molecular complexity index is 596. The van der Waals surface area contributed by atoms with Crippen LogP contribution in [0.1, 0.15) is 17.2 Å². The normalized spacial score (nSPS) is 12.4. The lowest BCUT2D eigenvalue weighted by Crippen LogP contribution is -2.21. The van der Waals surface area contributed by atoms with Gasteiger partial charge in [-0.25, -0.2) is 13.2 Å². The van der Waals surface area contributed by atoms with E-state index >= 15 is 0 Å². The summed E-state index contributed by atoms with van der Waals surface area (Å²) in [6.45, 7) is 0. The summed E-state index contributed by atoms with van der Waals surface area (Å²) in [7, 11) is 1.60. The highest BCUT2D eigenvalue weighted by atomic mass is 35.5. The number of hydrogen-bond acceptors (Lipinski definition) is 1. The van der Waals surface area contributed by atoms with Crippen molar-refractivity contribution >= 4 is 11.6 Å². The second kappa shape index (κ2) is 6.29. The van der Waals surface area contributed by atoms with Gasteiger partial charge in [0.2, 0.25) is 0 Å². The number of benzene rings is 2. The molecule has 0 saturated carbocycles. The zero-order chi connectivity index (χ0) is 14.7. The molecule has 2 rings (SSSR count). The van der Waals surface area contributed by atoms with Crippen molar-refractivity contribution in [1.82, 2.24) is 5.32 Å². The lowest BCUT2D eigenvalue weighted by atomic mass is 9.98. The Labute approximate surface area is 120 Å². The Balaban J connectivity index is 2.37. The van der Waals surface area contributed by atoms with E-state index in [-0.39, 0.29) is 22.6 Å². The van der Waals surface area contributed by atoms with Crippen LogP contribution in [0.2, 0.25) is 5.02 Å². The molecule has 1 N–H and O–H groups in total. The molecule has 1 nitrogen and oxygen atoms in total. The van der Waals surface area contributed by atoms with Gasteiger partial charge in [-0.1, -0.05) is 29.8 Å². The van der Waals surface area contributed by atoms with E-state index in [0.717, 1.165) is 0 Å². The van der Waals surface area contributed by atoms with E-state index in [1.807, 2.05) is 0 Å². The summed E-state index contributed by atoms with van der Waals surface area (Å²) >= 11 is 5.73. The molecule has 0 saturated heterocycles. The zero-order valence-electron chi connectivity index (χ0n) is 10.8. The van der Waals surface area contributed by atoms with Gasteiger partial charge in [0, 0.05) is 17.2 Å². The van der Waals surface area contributed by atoms with E-state index in [9.17, 15) is 13.2 Å². The highest BCUT2D eigenvalue weighted by Crippen LogP contribution is 2.27. The molecule has 106 valence electrons. The Hall–Kier alpha value is -1.52. The van der Waals surface area contributed by atoms with Crippen molar-refractivity contribution in [2.45, 2.75) is 12.5 Å². The number of nitrogens with one attached hydrogen (secondary N) is 1. The first-order chi connectivity index (χ1) is 9.54. The minimum absolute atomic E-state index is 0.00767. The van der Waals surface area contributed by atoms with Gasteiger partial charge >= 0.3 is 0 Å². The van der Waals surface area contributed by atoms with Gasteiger partial charge in [0.15, 0.2) is 0 Å². The molecule has 0 fully saturated rings.